The highest BCUT2D eigenvalue weighted by molar-refractivity contribution is 5.85. The van der Waals surface area contributed by atoms with Crippen LogP contribution in [0.5, 0.6) is 0 Å². The van der Waals surface area contributed by atoms with Crippen LogP contribution in [0.4, 0.5) is 4.79 Å². The Morgan fingerprint density at radius 2 is 1.79 bits per heavy atom. The minimum absolute atomic E-state index is 0.0411. The predicted molar refractivity (Wildman–Crippen MR) is 73.1 cm³/mol. The third-order valence-electron chi connectivity index (χ3n) is 4.07. The van der Waals surface area contributed by atoms with Gasteiger partial charge in [-0.15, -0.1) is 0 Å². The molecule has 0 aromatic rings. The van der Waals surface area contributed by atoms with Gasteiger partial charge >= 0.3 is 12.0 Å². The average molecular weight is 271 g/mol. The van der Waals surface area contributed by atoms with Gasteiger partial charge in [0.05, 0.1) is 0 Å². The molecule has 1 saturated carbocycles. The number of carboxylic acids is 1. The Kier molecular flexibility index (Phi) is 4.45. The highest BCUT2D eigenvalue weighted by Gasteiger charge is 2.41. The maximum absolute atomic E-state index is 12.0. The van der Waals surface area contributed by atoms with Crippen LogP contribution >= 0.6 is 0 Å². The van der Waals surface area contributed by atoms with Crippen molar-refractivity contribution in [1.29, 1.82) is 0 Å². The van der Waals surface area contributed by atoms with Crippen LogP contribution in [0.3, 0.4) is 0 Å². The van der Waals surface area contributed by atoms with Gasteiger partial charge in [0.25, 0.3) is 0 Å². The quantitative estimate of drug-likeness (QED) is 0.781. The highest BCUT2D eigenvalue weighted by Crippen LogP contribution is 2.36. The first-order chi connectivity index (χ1) is 8.61. The number of urea groups is 1. The van der Waals surface area contributed by atoms with Gasteiger partial charge in [0, 0.05) is 19.1 Å². The standard InChI is InChI=1S/C13H25N3O3/c1-12(2,10(17)18)14-11(19)16(5)9-13(15(3)4)7-6-8-13/h6-9H2,1-5H3,(H,14,19)(H,17,18). The second-order valence-electron chi connectivity index (χ2n) is 6.19. The molecule has 0 aromatic heterocycles. The van der Waals surface area contributed by atoms with Gasteiger partial charge in [-0.1, -0.05) is 0 Å². The number of nitrogens with one attached hydrogen (secondary N) is 1. The van der Waals surface area contributed by atoms with Crippen LogP contribution in [0, 0.1) is 0 Å². The third-order valence-corrected chi connectivity index (χ3v) is 4.07. The van der Waals surface area contributed by atoms with Gasteiger partial charge in [0.2, 0.25) is 0 Å². The first-order valence-corrected chi connectivity index (χ1v) is 6.55. The van der Waals surface area contributed by atoms with Crippen LogP contribution in [-0.4, -0.2) is 65.7 Å². The molecule has 0 aliphatic heterocycles. The molecule has 2 amide bonds. The van der Waals surface area contributed by atoms with Crippen molar-refractivity contribution in [3.8, 4) is 0 Å². The SMILES string of the molecule is CN(CC1(N(C)C)CCC1)C(=O)NC(C)(C)C(=O)O. The minimum atomic E-state index is -1.25. The average Bonchev–Trinajstić information content (AvgIpc) is 2.21. The van der Waals surface area contributed by atoms with Crippen molar-refractivity contribution in [1.82, 2.24) is 15.1 Å². The molecule has 1 rings (SSSR count). The molecule has 0 aromatic carbocycles. The lowest BCUT2D eigenvalue weighted by atomic mass is 9.75. The Balaban J connectivity index is 2.61. The van der Waals surface area contributed by atoms with Gasteiger partial charge in [-0.2, -0.15) is 0 Å². The molecule has 6 nitrogen and oxygen atoms in total. The fraction of sp³-hybridized carbons (Fsp3) is 0.846. The van der Waals surface area contributed by atoms with Crippen LogP contribution in [-0.2, 0) is 4.79 Å². The zero-order valence-corrected chi connectivity index (χ0v) is 12.5. The number of amides is 2. The molecule has 0 spiro atoms. The summed E-state index contributed by atoms with van der Waals surface area (Å²) in [6.45, 7) is 3.57. The molecule has 1 fully saturated rings. The van der Waals surface area contributed by atoms with Gasteiger partial charge in [-0.25, -0.2) is 9.59 Å². The smallest absolute Gasteiger partial charge is 0.328 e. The van der Waals surface area contributed by atoms with E-state index in [4.69, 9.17) is 5.11 Å². The number of carbonyl (C=O) groups is 2. The van der Waals surface area contributed by atoms with Crippen molar-refractivity contribution in [3.05, 3.63) is 0 Å². The summed E-state index contributed by atoms with van der Waals surface area (Å²) < 4.78 is 0. The fourth-order valence-electron chi connectivity index (χ4n) is 2.26. The normalized spacial score (nSPS) is 17.8. The number of likely N-dealkylation sites (N-methyl/N-ethyl adjacent to an activating group) is 2. The predicted octanol–water partition coefficient (Wildman–Crippen LogP) is 0.975. The van der Waals surface area contributed by atoms with E-state index in [1.165, 1.54) is 20.3 Å². The summed E-state index contributed by atoms with van der Waals surface area (Å²) >= 11 is 0. The number of hydrogen-bond donors (Lipinski definition) is 2. The van der Waals surface area contributed by atoms with Crippen LogP contribution in [0.2, 0.25) is 0 Å². The first kappa shape index (κ1) is 15.8. The van der Waals surface area contributed by atoms with Gasteiger partial charge in [0.15, 0.2) is 0 Å². The van der Waals surface area contributed by atoms with Crippen LogP contribution in [0.15, 0.2) is 0 Å². The van der Waals surface area contributed by atoms with Gasteiger partial charge in [0.1, 0.15) is 5.54 Å². The molecule has 0 atom stereocenters. The number of nitrogens with zero attached hydrogens (tertiary/aromatic N) is 2. The van der Waals surface area contributed by atoms with E-state index in [1.54, 1.807) is 11.9 Å². The summed E-state index contributed by atoms with van der Waals surface area (Å²) in [5.41, 5.74) is -1.21. The molecule has 1 aliphatic carbocycles. The van der Waals surface area contributed by atoms with Gasteiger partial charge in [-0.05, 0) is 47.2 Å². The Morgan fingerprint density at radius 1 is 1.26 bits per heavy atom. The summed E-state index contributed by atoms with van der Waals surface area (Å²) in [4.78, 5) is 26.8. The number of carboxylic acid groups (broad SMARTS) is 1. The summed E-state index contributed by atoms with van der Waals surface area (Å²) in [6, 6.07) is -0.347. The van der Waals surface area contributed by atoms with Gasteiger partial charge < -0.3 is 20.2 Å². The molecule has 0 bridgehead atoms. The minimum Gasteiger partial charge on any atom is -0.480 e. The summed E-state index contributed by atoms with van der Waals surface area (Å²) in [6.07, 6.45) is 3.31. The van der Waals surface area contributed by atoms with Crippen molar-refractivity contribution in [2.24, 2.45) is 0 Å². The van der Waals surface area contributed by atoms with E-state index >= 15 is 0 Å². The summed E-state index contributed by atoms with van der Waals surface area (Å²) in [7, 11) is 5.75. The maximum Gasteiger partial charge on any atom is 0.328 e. The first-order valence-electron chi connectivity index (χ1n) is 6.55. The van der Waals surface area contributed by atoms with Crippen LogP contribution < -0.4 is 5.32 Å². The summed E-state index contributed by atoms with van der Waals surface area (Å²) in [5.74, 6) is -1.04. The molecular weight excluding hydrogens is 246 g/mol. The number of carbonyl (C=O) groups excluding carboxylic acids is 1. The molecule has 0 heterocycles. The highest BCUT2D eigenvalue weighted by atomic mass is 16.4. The second kappa shape index (κ2) is 5.36. The second-order valence-corrected chi connectivity index (χ2v) is 6.19. The Bertz CT molecular complexity index is 362. The van der Waals surface area contributed by atoms with E-state index in [1.807, 2.05) is 14.1 Å². The maximum atomic E-state index is 12.0. The van der Waals surface area contributed by atoms with Crippen molar-refractivity contribution in [3.63, 3.8) is 0 Å². The van der Waals surface area contributed by atoms with Crippen molar-refractivity contribution >= 4 is 12.0 Å². The lowest BCUT2D eigenvalue weighted by Crippen LogP contribution is -2.60. The molecule has 2 N–H and O–H groups in total. The lowest BCUT2D eigenvalue weighted by molar-refractivity contribution is -0.143. The topological polar surface area (TPSA) is 72.9 Å². The van der Waals surface area contributed by atoms with Crippen molar-refractivity contribution < 1.29 is 14.7 Å². The van der Waals surface area contributed by atoms with Gasteiger partial charge in [-0.3, -0.25) is 0 Å². The van der Waals surface area contributed by atoms with Crippen LogP contribution in [0.1, 0.15) is 33.1 Å². The molecule has 6 heteroatoms. The molecular formula is C13H25N3O3. The monoisotopic (exact) mass is 271 g/mol. The molecule has 1 aliphatic rings. The van der Waals surface area contributed by atoms with Crippen molar-refractivity contribution in [2.45, 2.75) is 44.2 Å². The fourth-order valence-corrected chi connectivity index (χ4v) is 2.26. The van der Waals surface area contributed by atoms with E-state index in [9.17, 15) is 9.59 Å². The van der Waals surface area contributed by atoms with E-state index < -0.39 is 11.5 Å². The Labute approximate surface area is 114 Å². The molecule has 0 saturated heterocycles. The molecule has 110 valence electrons. The molecule has 0 radical (unpaired) electrons. The van der Waals surface area contributed by atoms with E-state index in [0.717, 1.165) is 12.8 Å². The molecule has 0 unspecified atom stereocenters. The molecule has 19 heavy (non-hydrogen) atoms. The van der Waals surface area contributed by atoms with Crippen molar-refractivity contribution in [2.75, 3.05) is 27.7 Å². The largest absolute Gasteiger partial charge is 0.480 e. The Morgan fingerprint density at radius 3 is 2.11 bits per heavy atom. The Hall–Kier alpha value is -1.30. The zero-order chi connectivity index (χ0) is 14.8. The van der Waals surface area contributed by atoms with E-state index in [2.05, 4.69) is 10.2 Å². The third kappa shape index (κ3) is 3.37. The lowest BCUT2D eigenvalue weighted by Gasteiger charge is -2.49. The number of rotatable bonds is 5. The number of aliphatic carboxylic acids is 1. The summed E-state index contributed by atoms with van der Waals surface area (Å²) in [5, 5.41) is 11.5. The number of hydrogen-bond acceptors (Lipinski definition) is 3. The zero-order valence-electron chi connectivity index (χ0n) is 12.5. The van der Waals surface area contributed by atoms with E-state index in [-0.39, 0.29) is 11.6 Å². The van der Waals surface area contributed by atoms with Crippen LogP contribution in [0.25, 0.3) is 0 Å². The van der Waals surface area contributed by atoms with E-state index in [0.29, 0.717) is 6.54 Å².